The number of carbonyl (C=O) groups excluding carboxylic acids is 1. The molecule has 1 aromatic carbocycles. The Morgan fingerprint density at radius 2 is 2.03 bits per heavy atom. The van der Waals surface area contributed by atoms with Crippen molar-refractivity contribution in [2.75, 3.05) is 16.8 Å². The lowest BCUT2D eigenvalue weighted by molar-refractivity contribution is 0.102. The van der Waals surface area contributed by atoms with Gasteiger partial charge < -0.3 is 16.0 Å². The first-order chi connectivity index (χ1) is 18.4. The van der Waals surface area contributed by atoms with E-state index in [1.165, 1.54) is 17.7 Å². The third kappa shape index (κ3) is 4.51. The molecule has 196 valence electrons. The number of pyridine rings is 2. The Labute approximate surface area is 221 Å². The molecule has 2 aliphatic rings. The summed E-state index contributed by atoms with van der Waals surface area (Å²) in [5.74, 6) is 0.0259. The Kier molecular flexibility index (Phi) is 6.31. The molecule has 1 amide bonds. The fourth-order valence-corrected chi connectivity index (χ4v) is 6.15. The first-order valence-electron chi connectivity index (χ1n) is 13.2. The molecule has 0 radical (unpaired) electrons. The SMILES string of the molecule is C[C@@H]1C[C@H](N)C[C@H](c2ccncc2NC(=O)c2ccc(F)c3cc(N4CCc5cnn(C)c5C4)cnc23)C1. The molecule has 4 aromatic rings. The number of nitrogens with zero attached hydrogens (tertiary/aromatic N) is 5. The third-order valence-electron chi connectivity index (χ3n) is 8.05. The van der Waals surface area contributed by atoms with Gasteiger partial charge in [0, 0.05) is 31.2 Å². The highest BCUT2D eigenvalue weighted by Crippen LogP contribution is 2.38. The Morgan fingerprint density at radius 1 is 1.16 bits per heavy atom. The van der Waals surface area contributed by atoms with E-state index in [9.17, 15) is 4.79 Å². The van der Waals surface area contributed by atoms with Crippen LogP contribution in [0, 0.1) is 11.7 Å². The zero-order valence-corrected chi connectivity index (χ0v) is 21.7. The molecule has 9 heteroatoms. The van der Waals surface area contributed by atoms with E-state index in [0.717, 1.165) is 49.2 Å². The molecule has 4 heterocycles. The van der Waals surface area contributed by atoms with Crippen molar-refractivity contribution in [2.24, 2.45) is 18.7 Å². The largest absolute Gasteiger partial charge is 0.364 e. The van der Waals surface area contributed by atoms with Crippen LogP contribution in [-0.2, 0) is 20.0 Å². The molecule has 0 unspecified atom stereocenters. The molecule has 3 aromatic heterocycles. The lowest BCUT2D eigenvalue weighted by Crippen LogP contribution is -2.31. The van der Waals surface area contributed by atoms with Crippen LogP contribution < -0.4 is 16.0 Å². The van der Waals surface area contributed by atoms with Crippen molar-refractivity contribution in [2.45, 2.75) is 51.1 Å². The van der Waals surface area contributed by atoms with Crippen molar-refractivity contribution in [3.8, 4) is 0 Å². The minimum atomic E-state index is -0.406. The Bertz CT molecular complexity index is 1510. The number of nitrogens with two attached hydrogens (primary N) is 1. The van der Waals surface area contributed by atoms with Gasteiger partial charge in [-0.25, -0.2) is 4.39 Å². The first-order valence-corrected chi connectivity index (χ1v) is 13.2. The highest BCUT2D eigenvalue weighted by Gasteiger charge is 2.28. The van der Waals surface area contributed by atoms with Gasteiger partial charge in [-0.2, -0.15) is 5.10 Å². The van der Waals surface area contributed by atoms with Crippen molar-refractivity contribution in [3.63, 3.8) is 0 Å². The molecule has 1 aliphatic carbocycles. The van der Waals surface area contributed by atoms with Crippen LogP contribution in [0.25, 0.3) is 10.9 Å². The van der Waals surface area contributed by atoms with Crippen LogP contribution in [0.15, 0.2) is 49.1 Å². The monoisotopic (exact) mass is 513 g/mol. The zero-order chi connectivity index (χ0) is 26.4. The molecule has 0 spiro atoms. The summed E-state index contributed by atoms with van der Waals surface area (Å²) in [6.07, 6.45) is 10.8. The number of fused-ring (bicyclic) bond motifs is 2. The number of carbonyl (C=O) groups is 1. The van der Waals surface area contributed by atoms with E-state index in [1.54, 1.807) is 24.7 Å². The molecule has 3 atom stereocenters. The van der Waals surface area contributed by atoms with E-state index in [4.69, 9.17) is 5.73 Å². The summed E-state index contributed by atoms with van der Waals surface area (Å²) in [6, 6.07) is 6.73. The van der Waals surface area contributed by atoms with E-state index in [-0.39, 0.29) is 17.9 Å². The van der Waals surface area contributed by atoms with Crippen molar-refractivity contribution in [3.05, 3.63) is 77.3 Å². The van der Waals surface area contributed by atoms with Crippen LogP contribution in [0.2, 0.25) is 0 Å². The summed E-state index contributed by atoms with van der Waals surface area (Å²) in [4.78, 5) is 24.5. The maximum Gasteiger partial charge on any atom is 0.257 e. The Hall–Kier alpha value is -3.85. The van der Waals surface area contributed by atoms with Gasteiger partial charge in [0.2, 0.25) is 0 Å². The van der Waals surface area contributed by atoms with Crippen molar-refractivity contribution < 1.29 is 9.18 Å². The lowest BCUT2D eigenvalue weighted by Gasteiger charge is -2.32. The molecular weight excluding hydrogens is 481 g/mol. The number of benzene rings is 1. The normalized spacial score (nSPS) is 21.4. The number of amides is 1. The third-order valence-corrected chi connectivity index (χ3v) is 8.05. The number of aromatic nitrogens is 4. The number of halogens is 1. The second-order valence-corrected chi connectivity index (χ2v) is 10.8. The van der Waals surface area contributed by atoms with Crippen LogP contribution in [0.4, 0.5) is 15.8 Å². The molecule has 1 fully saturated rings. The van der Waals surface area contributed by atoms with Gasteiger partial charge in [-0.3, -0.25) is 19.4 Å². The van der Waals surface area contributed by atoms with Crippen LogP contribution in [0.5, 0.6) is 0 Å². The van der Waals surface area contributed by atoms with Gasteiger partial charge in [-0.05, 0) is 72.9 Å². The van der Waals surface area contributed by atoms with Gasteiger partial charge in [0.25, 0.3) is 5.91 Å². The van der Waals surface area contributed by atoms with Crippen LogP contribution in [0.3, 0.4) is 0 Å². The average Bonchev–Trinajstić information content (AvgIpc) is 3.28. The molecule has 0 saturated heterocycles. The summed E-state index contributed by atoms with van der Waals surface area (Å²) in [6.45, 7) is 3.69. The number of hydrogen-bond donors (Lipinski definition) is 2. The highest BCUT2D eigenvalue weighted by molar-refractivity contribution is 6.12. The van der Waals surface area contributed by atoms with Crippen LogP contribution in [0.1, 0.15) is 59.3 Å². The molecule has 3 N–H and O–H groups in total. The summed E-state index contributed by atoms with van der Waals surface area (Å²) in [5.41, 5.74) is 11.9. The maximum atomic E-state index is 15.0. The minimum absolute atomic E-state index is 0.143. The predicted octanol–water partition coefficient (Wildman–Crippen LogP) is 4.55. The number of aryl methyl sites for hydroxylation is 1. The fraction of sp³-hybridized carbons (Fsp3) is 0.379. The first kappa shape index (κ1) is 24.5. The fourth-order valence-electron chi connectivity index (χ4n) is 6.15. The minimum Gasteiger partial charge on any atom is -0.364 e. The second kappa shape index (κ2) is 9.79. The van der Waals surface area contributed by atoms with E-state index in [0.29, 0.717) is 34.6 Å². The van der Waals surface area contributed by atoms with Crippen molar-refractivity contribution >= 4 is 28.2 Å². The van der Waals surface area contributed by atoms with E-state index in [1.807, 2.05) is 24.0 Å². The Morgan fingerprint density at radius 3 is 2.87 bits per heavy atom. The standard InChI is InChI=1S/C29H32FN7O/c1-17-9-19(11-20(31)10-17)22-5-7-32-15-26(22)35-29(38)23-3-4-25(30)24-12-21(14-33-28(23)24)37-8-6-18-13-34-36(2)27(18)16-37/h3-5,7,12-15,17,19-20H,6,8-11,16,31H2,1-2H3,(H,35,38)/t17-,19+,20-/m0/s1. The van der Waals surface area contributed by atoms with Gasteiger partial charge >= 0.3 is 0 Å². The van der Waals surface area contributed by atoms with Gasteiger partial charge in [-0.15, -0.1) is 0 Å². The molecule has 1 saturated carbocycles. The van der Waals surface area contributed by atoms with Crippen LogP contribution in [-0.4, -0.2) is 38.2 Å². The predicted molar refractivity (Wildman–Crippen MR) is 146 cm³/mol. The quantitative estimate of drug-likeness (QED) is 0.415. The van der Waals surface area contributed by atoms with Gasteiger partial charge in [-0.1, -0.05) is 6.92 Å². The highest BCUT2D eigenvalue weighted by atomic mass is 19.1. The van der Waals surface area contributed by atoms with E-state index in [2.05, 4.69) is 32.2 Å². The van der Waals surface area contributed by atoms with Crippen LogP contribution >= 0.6 is 0 Å². The molecule has 1 aliphatic heterocycles. The number of hydrogen-bond acceptors (Lipinski definition) is 6. The molecule has 6 rings (SSSR count). The number of rotatable bonds is 4. The molecular formula is C29H32FN7O. The average molecular weight is 514 g/mol. The van der Waals surface area contributed by atoms with Gasteiger partial charge in [0.1, 0.15) is 5.82 Å². The van der Waals surface area contributed by atoms with Crippen molar-refractivity contribution in [1.29, 1.82) is 0 Å². The Balaban J connectivity index is 1.29. The maximum absolute atomic E-state index is 15.0. The molecule has 0 bridgehead atoms. The van der Waals surface area contributed by atoms with Crippen molar-refractivity contribution in [1.82, 2.24) is 19.7 Å². The summed E-state index contributed by atoms with van der Waals surface area (Å²) >= 11 is 0. The smallest absolute Gasteiger partial charge is 0.257 e. The second-order valence-electron chi connectivity index (χ2n) is 10.8. The summed E-state index contributed by atoms with van der Waals surface area (Å²) in [5, 5.41) is 7.71. The van der Waals surface area contributed by atoms with E-state index < -0.39 is 5.82 Å². The lowest BCUT2D eigenvalue weighted by atomic mass is 9.76. The summed E-state index contributed by atoms with van der Waals surface area (Å²) in [7, 11) is 1.93. The number of nitrogens with one attached hydrogen (secondary N) is 1. The topological polar surface area (TPSA) is 102 Å². The van der Waals surface area contributed by atoms with E-state index >= 15 is 4.39 Å². The summed E-state index contributed by atoms with van der Waals surface area (Å²) < 4.78 is 16.9. The zero-order valence-electron chi connectivity index (χ0n) is 21.7. The van der Waals surface area contributed by atoms with Gasteiger partial charge in [0.05, 0.1) is 53.3 Å². The number of anilines is 2. The van der Waals surface area contributed by atoms with Gasteiger partial charge in [0.15, 0.2) is 0 Å². The molecule has 38 heavy (non-hydrogen) atoms. The molecule has 8 nitrogen and oxygen atoms in total.